The van der Waals surface area contributed by atoms with Crippen LogP contribution in [0.5, 0.6) is 5.75 Å². The molecule has 0 radical (unpaired) electrons. The second kappa shape index (κ2) is 3.41. The molecule has 1 saturated heterocycles. The van der Waals surface area contributed by atoms with Crippen molar-refractivity contribution in [3.05, 3.63) is 22.9 Å². The Morgan fingerprint density at radius 1 is 1.67 bits per heavy atom. The Kier molecular flexibility index (Phi) is 1.95. The van der Waals surface area contributed by atoms with Crippen LogP contribution in [0, 0.1) is 0 Å². The first-order valence-corrected chi connectivity index (χ1v) is 4.54. The smallest absolute Gasteiger partial charge is 0.139 e. The van der Waals surface area contributed by atoms with Gasteiger partial charge in [0.15, 0.2) is 0 Å². The number of rotatable bonds is 2. The number of nitrogens with zero attached hydrogens (tertiary/aromatic N) is 1. The van der Waals surface area contributed by atoms with Gasteiger partial charge in [0, 0.05) is 23.8 Å². The highest BCUT2D eigenvalue weighted by atomic mass is 79.9. The molecule has 1 fully saturated rings. The van der Waals surface area contributed by atoms with Crippen LogP contribution in [-0.4, -0.2) is 24.2 Å². The highest BCUT2D eigenvalue weighted by Crippen LogP contribution is 2.17. The minimum absolute atomic E-state index is 0.195. The zero-order valence-electron chi connectivity index (χ0n) is 7.38. The molecule has 1 aliphatic rings. The van der Waals surface area contributed by atoms with Crippen molar-refractivity contribution < 1.29 is 6.11 Å². The van der Waals surface area contributed by atoms with E-state index in [1.54, 1.807) is 12.4 Å². The normalized spacial score (nSPS) is 18.2. The van der Waals surface area contributed by atoms with Crippen molar-refractivity contribution in [3.8, 4) is 5.75 Å². The Hall–Kier alpha value is -0.610. The van der Waals surface area contributed by atoms with Crippen LogP contribution in [0.2, 0.25) is 0 Å². The summed E-state index contributed by atoms with van der Waals surface area (Å²) < 4.78 is 13.8. The minimum Gasteiger partial charge on any atom is -0.486 e. The second-order valence-electron chi connectivity index (χ2n) is 2.64. The Morgan fingerprint density at radius 2 is 2.50 bits per heavy atom. The first-order valence-electron chi connectivity index (χ1n) is 4.25. The van der Waals surface area contributed by atoms with Crippen LogP contribution in [0.15, 0.2) is 22.9 Å². The maximum atomic E-state index is 7.66. The molecule has 4 heteroatoms. The zero-order chi connectivity index (χ0) is 9.26. The van der Waals surface area contributed by atoms with Crippen molar-refractivity contribution >= 4 is 15.9 Å². The molecule has 1 N–H and O–H groups in total. The van der Waals surface area contributed by atoms with Crippen LogP contribution in [0.3, 0.4) is 0 Å². The summed E-state index contributed by atoms with van der Waals surface area (Å²) >= 11 is 3.23. The lowest BCUT2D eigenvalue weighted by Crippen LogP contribution is -2.50. The Morgan fingerprint density at radius 3 is 3.17 bits per heavy atom. The van der Waals surface area contributed by atoms with Gasteiger partial charge in [-0.3, -0.25) is 4.98 Å². The van der Waals surface area contributed by atoms with Crippen LogP contribution < -0.4 is 10.1 Å². The van der Waals surface area contributed by atoms with Crippen LogP contribution in [0.25, 0.3) is 0 Å². The lowest BCUT2D eigenvalue weighted by atomic mass is 10.2. The van der Waals surface area contributed by atoms with Crippen LogP contribution in [-0.2, 0) is 0 Å². The number of hydrogen-bond donors (Lipinski definition) is 1. The Bertz CT molecular complexity index is 317. The monoisotopic (exact) mass is 229 g/mol. The minimum atomic E-state index is 0.195. The fourth-order valence-corrected chi connectivity index (χ4v) is 1.25. The number of ether oxygens (including phenoxy) is 1. The molecule has 0 amide bonds. The molecule has 0 saturated carbocycles. The van der Waals surface area contributed by atoms with Crippen molar-refractivity contribution in [1.29, 1.82) is 0 Å². The molecule has 0 unspecified atom stereocenters. The summed E-state index contributed by atoms with van der Waals surface area (Å²) in [6.45, 7) is 1.71. The van der Waals surface area contributed by atoms with Gasteiger partial charge in [-0.15, -0.1) is 0 Å². The summed E-state index contributed by atoms with van der Waals surface area (Å²) in [5, 5.41) is 3.10. The van der Waals surface area contributed by atoms with Gasteiger partial charge in [-0.1, -0.05) is 0 Å². The average molecular weight is 230 g/mol. The second-order valence-corrected chi connectivity index (χ2v) is 3.50. The van der Waals surface area contributed by atoms with Gasteiger partial charge in [0.1, 0.15) is 11.9 Å². The van der Waals surface area contributed by atoms with Gasteiger partial charge in [0.25, 0.3) is 0 Å². The van der Waals surface area contributed by atoms with E-state index in [9.17, 15) is 0 Å². The van der Waals surface area contributed by atoms with Crippen molar-refractivity contribution in [3.63, 3.8) is 0 Å². The predicted octanol–water partition coefficient (Wildman–Crippen LogP) is 1.19. The van der Waals surface area contributed by atoms with Gasteiger partial charge >= 0.3 is 0 Å². The Labute approximate surface area is 80.7 Å². The lowest BCUT2D eigenvalue weighted by Gasteiger charge is -2.27. The number of halogens is 1. The fourth-order valence-electron chi connectivity index (χ4n) is 0.938. The van der Waals surface area contributed by atoms with E-state index in [2.05, 4.69) is 26.2 Å². The van der Waals surface area contributed by atoms with E-state index in [1.807, 2.05) is 0 Å². The molecule has 0 spiro atoms. The summed E-state index contributed by atoms with van der Waals surface area (Å²) in [6.07, 6.45) is 3.36. The number of aromatic nitrogens is 1. The lowest BCUT2D eigenvalue weighted by molar-refractivity contribution is 0.141. The highest BCUT2D eigenvalue weighted by molar-refractivity contribution is 9.10. The van der Waals surface area contributed by atoms with E-state index < -0.39 is 0 Å². The topological polar surface area (TPSA) is 34.1 Å². The third-order valence-electron chi connectivity index (χ3n) is 1.66. The van der Waals surface area contributed by atoms with Gasteiger partial charge in [-0.05, 0) is 22.0 Å². The standard InChI is InChI=1S/C8H9BrN2O/c9-6-1-7(3-10-2-6)12-8-4-11-5-8/h1-3,8,11H,4-5H2/i1D. The van der Waals surface area contributed by atoms with E-state index in [-0.39, 0.29) is 6.10 Å². The van der Waals surface area contributed by atoms with Crippen molar-refractivity contribution in [2.24, 2.45) is 0 Å². The maximum absolute atomic E-state index is 7.66. The summed E-state index contributed by atoms with van der Waals surface area (Å²) in [6, 6.07) is 0.363. The van der Waals surface area contributed by atoms with Crippen molar-refractivity contribution in [1.82, 2.24) is 10.3 Å². The van der Waals surface area contributed by atoms with Crippen LogP contribution in [0.4, 0.5) is 0 Å². The molecule has 0 aliphatic carbocycles. The van der Waals surface area contributed by atoms with Gasteiger partial charge in [0.2, 0.25) is 0 Å². The molecule has 12 heavy (non-hydrogen) atoms. The highest BCUT2D eigenvalue weighted by Gasteiger charge is 2.18. The van der Waals surface area contributed by atoms with Gasteiger partial charge in [-0.2, -0.15) is 0 Å². The quantitative estimate of drug-likeness (QED) is 0.828. The fraction of sp³-hybridized carbons (Fsp3) is 0.375. The molecule has 0 atom stereocenters. The van der Waals surface area contributed by atoms with Crippen LogP contribution >= 0.6 is 15.9 Å². The average Bonchev–Trinajstić information content (AvgIpc) is 2.04. The maximum Gasteiger partial charge on any atom is 0.139 e. The molecular weight excluding hydrogens is 220 g/mol. The molecule has 1 aliphatic heterocycles. The van der Waals surface area contributed by atoms with Crippen LogP contribution in [0.1, 0.15) is 1.37 Å². The molecule has 2 heterocycles. The van der Waals surface area contributed by atoms with E-state index in [0.29, 0.717) is 16.3 Å². The van der Waals surface area contributed by atoms with E-state index in [1.165, 1.54) is 0 Å². The predicted molar refractivity (Wildman–Crippen MR) is 49.2 cm³/mol. The van der Waals surface area contributed by atoms with E-state index >= 15 is 0 Å². The first-order chi connectivity index (χ1) is 6.27. The van der Waals surface area contributed by atoms with E-state index in [0.717, 1.165) is 13.1 Å². The molecule has 64 valence electrons. The molecule has 3 nitrogen and oxygen atoms in total. The van der Waals surface area contributed by atoms with Crippen molar-refractivity contribution in [2.75, 3.05) is 13.1 Å². The molecular formula is C8H9BrN2O. The number of nitrogens with one attached hydrogen (secondary N) is 1. The summed E-state index contributed by atoms with van der Waals surface area (Å²) in [7, 11) is 0. The van der Waals surface area contributed by atoms with Gasteiger partial charge in [0.05, 0.1) is 7.57 Å². The molecule has 1 aromatic rings. The van der Waals surface area contributed by atoms with Gasteiger partial charge in [-0.25, -0.2) is 0 Å². The summed E-state index contributed by atoms with van der Waals surface area (Å²) in [5.74, 6) is 0.542. The molecule has 0 aromatic carbocycles. The molecule has 1 aromatic heterocycles. The number of hydrogen-bond acceptors (Lipinski definition) is 3. The summed E-state index contributed by atoms with van der Waals surface area (Å²) in [4.78, 5) is 3.94. The van der Waals surface area contributed by atoms with E-state index in [4.69, 9.17) is 6.11 Å². The first kappa shape index (κ1) is 6.86. The zero-order valence-corrected chi connectivity index (χ0v) is 7.97. The third-order valence-corrected chi connectivity index (χ3v) is 2.06. The Balaban J connectivity index is 2.14. The SMILES string of the molecule is [2H]c1c(Br)cncc1OC1CNC1. The molecule has 2 rings (SSSR count). The molecule has 0 bridgehead atoms. The third kappa shape index (κ3) is 1.76. The summed E-state index contributed by atoms with van der Waals surface area (Å²) in [5.41, 5.74) is 0. The number of pyridine rings is 1. The largest absolute Gasteiger partial charge is 0.486 e. The van der Waals surface area contributed by atoms with Gasteiger partial charge < -0.3 is 10.1 Å². The van der Waals surface area contributed by atoms with Crippen molar-refractivity contribution in [2.45, 2.75) is 6.10 Å².